The maximum absolute atomic E-state index is 15.2. The summed E-state index contributed by atoms with van der Waals surface area (Å²) in [5, 5.41) is 11.9. The van der Waals surface area contributed by atoms with E-state index in [0.717, 1.165) is 0 Å². The molecule has 1 atom stereocenters. The van der Waals surface area contributed by atoms with Crippen molar-refractivity contribution in [3.05, 3.63) is 80.1 Å². The molecular weight excluding hydrogens is 588 g/mol. The van der Waals surface area contributed by atoms with E-state index >= 15 is 8.78 Å². The Kier molecular flexibility index (Phi) is 6.23. The number of cyclic esters (lactones) is 1. The van der Waals surface area contributed by atoms with E-state index in [1.165, 1.54) is 12.1 Å². The van der Waals surface area contributed by atoms with E-state index in [1.54, 1.807) is 46.7 Å². The van der Waals surface area contributed by atoms with Crippen molar-refractivity contribution in [2.75, 3.05) is 38.0 Å². The first-order valence-electron chi connectivity index (χ1n) is 14.7. The van der Waals surface area contributed by atoms with E-state index in [1.807, 2.05) is 0 Å². The van der Waals surface area contributed by atoms with Crippen molar-refractivity contribution < 1.29 is 37.6 Å². The summed E-state index contributed by atoms with van der Waals surface area (Å²) in [6.07, 6.45) is 3.39. The molecular formula is C33H27F2N3O7. The Hall–Kier alpha value is -4.81. The predicted molar refractivity (Wildman–Crippen MR) is 159 cm³/mol. The van der Waals surface area contributed by atoms with Crippen molar-refractivity contribution in [3.63, 3.8) is 0 Å². The van der Waals surface area contributed by atoms with Crippen molar-refractivity contribution >= 4 is 34.7 Å². The minimum absolute atomic E-state index is 0.0225. The number of benzene rings is 2. The Labute approximate surface area is 255 Å². The number of fused-ring (bicyclic) bond motifs is 6. The molecule has 45 heavy (non-hydrogen) atoms. The first-order valence-corrected chi connectivity index (χ1v) is 14.7. The highest BCUT2D eigenvalue weighted by Crippen LogP contribution is 2.43. The normalized spacial score (nSPS) is 20.0. The summed E-state index contributed by atoms with van der Waals surface area (Å²) in [5.41, 5.74) is 1.14. The highest BCUT2D eigenvalue weighted by molar-refractivity contribution is 5.97. The van der Waals surface area contributed by atoms with Gasteiger partial charge in [0.15, 0.2) is 17.1 Å². The van der Waals surface area contributed by atoms with Gasteiger partial charge in [-0.1, -0.05) is 19.1 Å². The van der Waals surface area contributed by atoms with Crippen LogP contribution in [0.2, 0.25) is 0 Å². The summed E-state index contributed by atoms with van der Waals surface area (Å²) in [6.45, 7) is 3.19. The smallest absolute Gasteiger partial charge is 0.343 e. The number of rotatable bonds is 4. The number of esters is 1. The third-order valence-corrected chi connectivity index (χ3v) is 9.03. The SMILES string of the molecule is CC[C@@]1(O)C(=O)OCc2c1cc1n(c2=O)Cc2c-1nc1cc3c(cc1c2/C=C/c1cc(F)c(N2CCOCC2)c(F)c1)OCO3. The predicted octanol–water partition coefficient (Wildman–Crippen LogP) is 4.09. The molecule has 4 aromatic rings. The van der Waals surface area contributed by atoms with Gasteiger partial charge in [0.25, 0.3) is 5.56 Å². The molecule has 0 radical (unpaired) electrons. The number of pyridine rings is 2. The van der Waals surface area contributed by atoms with Gasteiger partial charge in [-0.25, -0.2) is 18.6 Å². The lowest BCUT2D eigenvalue weighted by atomic mass is 9.86. The molecule has 12 heteroatoms. The van der Waals surface area contributed by atoms with Crippen LogP contribution in [0.25, 0.3) is 34.4 Å². The van der Waals surface area contributed by atoms with E-state index in [9.17, 15) is 14.7 Å². The van der Waals surface area contributed by atoms with Gasteiger partial charge in [0, 0.05) is 35.7 Å². The minimum atomic E-state index is -1.96. The Balaban J connectivity index is 1.29. The maximum atomic E-state index is 15.2. The molecule has 0 bridgehead atoms. The van der Waals surface area contributed by atoms with Gasteiger partial charge in [-0.15, -0.1) is 0 Å². The van der Waals surface area contributed by atoms with Gasteiger partial charge in [0.1, 0.15) is 23.9 Å². The average Bonchev–Trinajstić information content (AvgIpc) is 3.65. The van der Waals surface area contributed by atoms with E-state index in [-0.39, 0.29) is 43.2 Å². The first-order chi connectivity index (χ1) is 21.8. The number of ether oxygens (including phenoxy) is 4. The largest absolute Gasteiger partial charge is 0.458 e. The molecule has 8 rings (SSSR count). The number of morpholine rings is 1. The number of hydrogen-bond acceptors (Lipinski definition) is 9. The third-order valence-electron chi connectivity index (χ3n) is 9.03. The zero-order chi connectivity index (χ0) is 31.0. The highest BCUT2D eigenvalue weighted by atomic mass is 19.1. The van der Waals surface area contributed by atoms with Crippen LogP contribution < -0.4 is 19.9 Å². The molecule has 0 aliphatic carbocycles. The van der Waals surface area contributed by atoms with E-state index in [4.69, 9.17) is 23.9 Å². The van der Waals surface area contributed by atoms with Crippen molar-refractivity contribution in [1.29, 1.82) is 0 Å². The lowest BCUT2D eigenvalue weighted by molar-refractivity contribution is -0.172. The molecule has 6 heterocycles. The molecule has 0 spiro atoms. The van der Waals surface area contributed by atoms with Gasteiger partial charge >= 0.3 is 5.97 Å². The molecule has 1 saturated heterocycles. The number of carbonyl (C=O) groups is 1. The number of halogens is 2. The Morgan fingerprint density at radius 1 is 0.978 bits per heavy atom. The van der Waals surface area contributed by atoms with Gasteiger partial charge < -0.3 is 33.5 Å². The molecule has 1 fully saturated rings. The summed E-state index contributed by atoms with van der Waals surface area (Å²) in [7, 11) is 0. The second-order valence-electron chi connectivity index (χ2n) is 11.4. The van der Waals surface area contributed by atoms with E-state index in [2.05, 4.69) is 0 Å². The van der Waals surface area contributed by atoms with E-state index < -0.39 is 28.8 Å². The molecule has 4 aliphatic heterocycles. The van der Waals surface area contributed by atoms with Crippen LogP contribution in [0.15, 0.2) is 35.1 Å². The van der Waals surface area contributed by atoms with Crippen LogP contribution in [-0.2, 0) is 33.0 Å². The van der Waals surface area contributed by atoms with Crippen LogP contribution in [0, 0.1) is 11.6 Å². The van der Waals surface area contributed by atoms with Crippen LogP contribution in [0.4, 0.5) is 14.5 Å². The maximum Gasteiger partial charge on any atom is 0.343 e. The Bertz CT molecular complexity index is 2010. The summed E-state index contributed by atoms with van der Waals surface area (Å²) < 4.78 is 53.7. The number of hydrogen-bond donors (Lipinski definition) is 1. The van der Waals surface area contributed by atoms with Gasteiger partial charge in [-0.05, 0) is 41.8 Å². The minimum Gasteiger partial charge on any atom is -0.458 e. The van der Waals surface area contributed by atoms with Gasteiger partial charge in [0.2, 0.25) is 6.79 Å². The number of carbonyl (C=O) groups excluding carboxylic acids is 1. The molecule has 2 aromatic carbocycles. The fourth-order valence-corrected chi connectivity index (χ4v) is 6.64. The second-order valence-corrected chi connectivity index (χ2v) is 11.4. The quantitative estimate of drug-likeness (QED) is 0.299. The molecule has 1 N–H and O–H groups in total. The standard InChI is InChI=1S/C33H27F2N3O7/c1-2-33(41)22-12-26-29-20(14-38(26)31(39)21(22)15-43-32(33)40)18(19-11-27-28(45-16-44-27)13-25(19)36-29)4-3-17-9-23(34)30(24(35)10-17)37-5-7-42-8-6-37/h3-4,9-13,41H,2,5-8,14-16H2,1H3/b4-3+/t33-/m0/s1. The zero-order valence-electron chi connectivity index (χ0n) is 24.2. The lowest BCUT2D eigenvalue weighted by Gasteiger charge is -2.31. The fraction of sp³-hybridized carbons (Fsp3) is 0.303. The molecule has 230 valence electrons. The number of anilines is 1. The summed E-state index contributed by atoms with van der Waals surface area (Å²) in [6, 6.07) is 7.76. The van der Waals surface area contributed by atoms with Crippen LogP contribution in [0.1, 0.15) is 41.2 Å². The zero-order valence-corrected chi connectivity index (χ0v) is 24.2. The lowest BCUT2D eigenvalue weighted by Crippen LogP contribution is -2.44. The second kappa shape index (κ2) is 10.1. The van der Waals surface area contributed by atoms with Crippen LogP contribution >= 0.6 is 0 Å². The monoisotopic (exact) mass is 615 g/mol. The summed E-state index contributed by atoms with van der Waals surface area (Å²) in [5.74, 6) is -1.11. The number of aromatic nitrogens is 2. The third kappa shape index (κ3) is 4.16. The van der Waals surface area contributed by atoms with Gasteiger partial charge in [0.05, 0.1) is 42.2 Å². The van der Waals surface area contributed by atoms with Crippen LogP contribution in [0.3, 0.4) is 0 Å². The average molecular weight is 616 g/mol. The van der Waals surface area contributed by atoms with Crippen LogP contribution in [-0.4, -0.2) is 53.7 Å². The van der Waals surface area contributed by atoms with Crippen molar-refractivity contribution in [2.45, 2.75) is 32.1 Å². The Morgan fingerprint density at radius 3 is 2.44 bits per heavy atom. The molecule has 2 aromatic heterocycles. The van der Waals surface area contributed by atoms with Crippen LogP contribution in [0.5, 0.6) is 11.5 Å². The van der Waals surface area contributed by atoms with Crippen molar-refractivity contribution in [3.8, 4) is 22.9 Å². The molecule has 0 amide bonds. The fourth-order valence-electron chi connectivity index (χ4n) is 6.64. The summed E-state index contributed by atoms with van der Waals surface area (Å²) in [4.78, 5) is 32.9. The van der Waals surface area contributed by atoms with Crippen molar-refractivity contribution in [1.82, 2.24) is 9.55 Å². The molecule has 10 nitrogen and oxygen atoms in total. The number of nitrogens with zero attached hydrogens (tertiary/aromatic N) is 3. The topological polar surface area (TPSA) is 112 Å². The summed E-state index contributed by atoms with van der Waals surface area (Å²) >= 11 is 0. The molecule has 0 saturated carbocycles. The highest BCUT2D eigenvalue weighted by Gasteiger charge is 2.45. The molecule has 0 unspecified atom stereocenters. The molecule has 4 aliphatic rings. The first kappa shape index (κ1) is 27.7. The number of aliphatic hydroxyl groups is 1. The Morgan fingerprint density at radius 2 is 1.71 bits per heavy atom. The van der Waals surface area contributed by atoms with Gasteiger partial charge in [-0.2, -0.15) is 0 Å². The van der Waals surface area contributed by atoms with Gasteiger partial charge in [-0.3, -0.25) is 4.79 Å². The van der Waals surface area contributed by atoms with E-state index in [0.29, 0.717) is 76.8 Å². The van der Waals surface area contributed by atoms with Crippen molar-refractivity contribution in [2.24, 2.45) is 0 Å².